The monoisotopic (exact) mass is 506 g/mol. The normalized spacial score (nSPS) is 12.3. The Labute approximate surface area is 200 Å². The van der Waals surface area contributed by atoms with Gasteiger partial charge in [0.2, 0.25) is 0 Å². The van der Waals surface area contributed by atoms with Crippen LogP contribution in [0.25, 0.3) is 26.7 Å². The fourth-order valence-electron chi connectivity index (χ4n) is 3.18. The first-order chi connectivity index (χ1) is 14.9. The van der Waals surface area contributed by atoms with Crippen LogP contribution < -0.4 is 0 Å². The Morgan fingerprint density at radius 2 is 1.69 bits per heavy atom. The van der Waals surface area contributed by atoms with Crippen LogP contribution in [0.15, 0.2) is 65.6 Å². The van der Waals surface area contributed by atoms with Crippen molar-refractivity contribution < 1.29 is 13.5 Å². The van der Waals surface area contributed by atoms with Crippen molar-refractivity contribution in [1.29, 1.82) is 0 Å². The van der Waals surface area contributed by atoms with Crippen LogP contribution in [0.4, 0.5) is 0 Å². The minimum atomic E-state index is -3.30. The van der Waals surface area contributed by atoms with Crippen LogP contribution >= 0.6 is 34.5 Å². The van der Waals surface area contributed by atoms with Crippen molar-refractivity contribution in [3.63, 3.8) is 0 Å². The number of halogens is 2. The quantitative estimate of drug-likeness (QED) is 0.349. The molecule has 0 fully saturated rings. The number of thiophene rings is 1. The van der Waals surface area contributed by atoms with Gasteiger partial charge in [0.05, 0.1) is 36.9 Å². The molecular formula is C23H20Cl2N2O3S2. The molecule has 0 atom stereocenters. The second-order valence-electron chi connectivity index (χ2n) is 7.95. The van der Waals surface area contributed by atoms with Gasteiger partial charge in [-0.05, 0) is 67.9 Å². The fourth-order valence-corrected chi connectivity index (χ4v) is 5.14. The maximum atomic E-state index is 11.9. The second kappa shape index (κ2) is 8.32. The van der Waals surface area contributed by atoms with Crippen molar-refractivity contribution in [3.05, 3.63) is 76.4 Å². The summed E-state index contributed by atoms with van der Waals surface area (Å²) < 4.78 is 25.6. The summed E-state index contributed by atoms with van der Waals surface area (Å²) >= 11 is 13.8. The Hall–Kier alpha value is -2.16. The highest BCUT2D eigenvalue weighted by Crippen LogP contribution is 2.38. The van der Waals surface area contributed by atoms with E-state index in [0.717, 1.165) is 21.0 Å². The first-order valence-corrected chi connectivity index (χ1v) is 13.1. The molecule has 32 heavy (non-hydrogen) atoms. The maximum absolute atomic E-state index is 11.9. The van der Waals surface area contributed by atoms with Crippen LogP contribution in [0.1, 0.15) is 19.5 Å². The van der Waals surface area contributed by atoms with E-state index in [-0.39, 0.29) is 4.90 Å². The molecule has 0 radical (unpaired) electrons. The van der Waals surface area contributed by atoms with E-state index < -0.39 is 15.4 Å². The molecule has 0 amide bonds. The van der Waals surface area contributed by atoms with E-state index in [1.54, 1.807) is 48.9 Å². The van der Waals surface area contributed by atoms with Crippen LogP contribution in [0.3, 0.4) is 0 Å². The number of hydrogen-bond donors (Lipinski definition) is 1. The minimum Gasteiger partial charge on any atom is -0.384 e. The molecule has 2 heterocycles. The summed E-state index contributed by atoms with van der Waals surface area (Å²) in [6.45, 7) is 3.35. The van der Waals surface area contributed by atoms with Gasteiger partial charge >= 0.3 is 0 Å². The Bertz CT molecular complexity index is 1420. The number of rotatable bonds is 5. The van der Waals surface area contributed by atoms with Gasteiger partial charge in [-0.1, -0.05) is 35.3 Å². The average Bonchev–Trinajstić information content (AvgIpc) is 3.36. The Morgan fingerprint density at radius 1 is 0.969 bits per heavy atom. The van der Waals surface area contributed by atoms with Gasteiger partial charge in [-0.15, -0.1) is 11.3 Å². The largest absolute Gasteiger partial charge is 0.384 e. The first kappa shape index (κ1) is 23.0. The molecule has 0 saturated carbocycles. The number of hydrogen-bond acceptors (Lipinski definition) is 5. The van der Waals surface area contributed by atoms with E-state index in [2.05, 4.69) is 5.10 Å². The Morgan fingerprint density at radius 3 is 2.34 bits per heavy atom. The van der Waals surface area contributed by atoms with Crippen molar-refractivity contribution in [2.45, 2.75) is 24.3 Å². The maximum Gasteiger partial charge on any atom is 0.175 e. The van der Waals surface area contributed by atoms with Gasteiger partial charge in [0, 0.05) is 11.1 Å². The Balaban J connectivity index is 1.83. The summed E-state index contributed by atoms with van der Waals surface area (Å²) in [6.07, 6.45) is 1.19. The zero-order valence-electron chi connectivity index (χ0n) is 17.5. The van der Waals surface area contributed by atoms with E-state index in [0.29, 0.717) is 21.4 Å². The van der Waals surface area contributed by atoms with Gasteiger partial charge in [0.1, 0.15) is 5.60 Å². The van der Waals surface area contributed by atoms with E-state index in [1.807, 2.05) is 30.3 Å². The third-order valence-electron chi connectivity index (χ3n) is 4.89. The van der Waals surface area contributed by atoms with Gasteiger partial charge < -0.3 is 5.11 Å². The third kappa shape index (κ3) is 4.63. The number of nitrogens with zero attached hydrogens (tertiary/aromatic N) is 2. The van der Waals surface area contributed by atoms with Gasteiger partial charge in [0.25, 0.3) is 0 Å². The molecule has 2 aromatic heterocycles. The van der Waals surface area contributed by atoms with E-state index in [1.165, 1.54) is 17.6 Å². The number of benzene rings is 2. The van der Waals surface area contributed by atoms with Crippen molar-refractivity contribution in [2.75, 3.05) is 6.26 Å². The molecular weight excluding hydrogens is 487 g/mol. The highest BCUT2D eigenvalue weighted by Gasteiger charge is 2.24. The second-order valence-corrected chi connectivity index (χ2v) is 11.9. The SMILES string of the molecule is CC(C)(O)c1cc(-c2ccc(-c3cccc(S(C)(=O)=O)c3)s2)n(-c2ccc(Cl)c(Cl)c2)n1. The lowest BCUT2D eigenvalue weighted by Crippen LogP contribution is -2.16. The lowest BCUT2D eigenvalue weighted by atomic mass is 10.1. The molecule has 5 nitrogen and oxygen atoms in total. The van der Waals surface area contributed by atoms with Gasteiger partial charge in [-0.25, -0.2) is 13.1 Å². The molecule has 0 aliphatic rings. The van der Waals surface area contributed by atoms with Crippen LogP contribution in [0.2, 0.25) is 10.0 Å². The van der Waals surface area contributed by atoms with Crippen LogP contribution in [-0.4, -0.2) is 29.6 Å². The van der Waals surface area contributed by atoms with Crippen LogP contribution in [0, 0.1) is 0 Å². The van der Waals surface area contributed by atoms with Crippen LogP contribution in [0.5, 0.6) is 0 Å². The fraction of sp³-hybridized carbons (Fsp3) is 0.174. The van der Waals surface area contributed by atoms with E-state index in [4.69, 9.17) is 23.2 Å². The molecule has 0 aliphatic heterocycles. The predicted octanol–water partition coefficient (Wildman–Crippen LogP) is 6.21. The van der Waals surface area contributed by atoms with Gasteiger partial charge in [0.15, 0.2) is 9.84 Å². The summed E-state index contributed by atoms with van der Waals surface area (Å²) in [4.78, 5) is 2.09. The molecule has 0 bridgehead atoms. The van der Waals surface area contributed by atoms with E-state index >= 15 is 0 Å². The van der Waals surface area contributed by atoms with Crippen molar-refractivity contribution in [3.8, 4) is 26.7 Å². The zero-order valence-corrected chi connectivity index (χ0v) is 20.6. The molecule has 166 valence electrons. The summed E-state index contributed by atoms with van der Waals surface area (Å²) in [5.74, 6) is 0. The van der Waals surface area contributed by atoms with Crippen molar-refractivity contribution >= 4 is 44.4 Å². The minimum absolute atomic E-state index is 0.273. The molecule has 9 heteroatoms. The topological polar surface area (TPSA) is 72.2 Å². The Kier molecular flexibility index (Phi) is 5.98. The lowest BCUT2D eigenvalue weighted by molar-refractivity contribution is 0.0734. The molecule has 2 aromatic carbocycles. The van der Waals surface area contributed by atoms with Gasteiger partial charge in [-0.3, -0.25) is 0 Å². The zero-order chi connectivity index (χ0) is 23.3. The number of aromatic nitrogens is 2. The average molecular weight is 507 g/mol. The standard InChI is InChI=1S/C23H20Cl2N2O3S2/c1-23(2,28)22-13-19(27(26-22)15-7-8-17(24)18(25)12-15)21-10-9-20(31-21)14-5-4-6-16(11-14)32(3,29)30/h4-13,28H,1-3H3. The van der Waals surface area contributed by atoms with Crippen LogP contribution in [-0.2, 0) is 15.4 Å². The number of aliphatic hydroxyl groups is 1. The molecule has 1 N–H and O–H groups in total. The first-order valence-electron chi connectivity index (χ1n) is 9.62. The number of sulfone groups is 1. The van der Waals surface area contributed by atoms with Crippen molar-refractivity contribution in [1.82, 2.24) is 9.78 Å². The lowest BCUT2D eigenvalue weighted by Gasteiger charge is -2.13. The molecule has 0 spiro atoms. The predicted molar refractivity (Wildman–Crippen MR) is 131 cm³/mol. The van der Waals surface area contributed by atoms with Gasteiger partial charge in [-0.2, -0.15) is 5.10 Å². The highest BCUT2D eigenvalue weighted by molar-refractivity contribution is 7.90. The summed E-state index contributed by atoms with van der Waals surface area (Å²) in [6, 6.07) is 17.8. The third-order valence-corrected chi connectivity index (χ3v) is 7.90. The summed E-state index contributed by atoms with van der Waals surface area (Å²) in [7, 11) is -3.30. The molecule has 0 aliphatic carbocycles. The summed E-state index contributed by atoms with van der Waals surface area (Å²) in [5, 5.41) is 16.0. The van der Waals surface area contributed by atoms with E-state index in [9.17, 15) is 13.5 Å². The molecule has 0 unspecified atom stereocenters. The van der Waals surface area contributed by atoms with Crippen molar-refractivity contribution in [2.24, 2.45) is 0 Å². The highest BCUT2D eigenvalue weighted by atomic mass is 35.5. The smallest absolute Gasteiger partial charge is 0.175 e. The summed E-state index contributed by atoms with van der Waals surface area (Å²) in [5.41, 5.74) is 1.66. The molecule has 0 saturated heterocycles. The molecule has 4 aromatic rings. The molecule has 4 rings (SSSR count).